The summed E-state index contributed by atoms with van der Waals surface area (Å²) in [4.78, 5) is 29.8. The maximum absolute atomic E-state index is 13.4. The van der Waals surface area contributed by atoms with Crippen molar-refractivity contribution in [3.63, 3.8) is 0 Å². The minimum Gasteiger partial charge on any atom is -0.480 e. The molecule has 4 aromatic rings. The summed E-state index contributed by atoms with van der Waals surface area (Å²) in [5.41, 5.74) is 8.14. The number of nitrogens with zero attached hydrogens (tertiary/aromatic N) is 4. The first-order valence-corrected chi connectivity index (χ1v) is 15.0. The van der Waals surface area contributed by atoms with Crippen LogP contribution in [0.1, 0.15) is 45.5 Å². The Hall–Kier alpha value is -3.36. The Labute approximate surface area is 256 Å². The lowest BCUT2D eigenvalue weighted by atomic mass is 9.96. The summed E-state index contributed by atoms with van der Waals surface area (Å²) < 4.78 is 5.60. The summed E-state index contributed by atoms with van der Waals surface area (Å²) in [6, 6.07) is 13.3. The van der Waals surface area contributed by atoms with E-state index >= 15 is 0 Å². The number of rotatable bonds is 8. The van der Waals surface area contributed by atoms with Crippen LogP contribution in [0.2, 0.25) is 10.0 Å². The van der Waals surface area contributed by atoms with Crippen molar-refractivity contribution < 1.29 is 9.53 Å². The fraction of sp³-hybridized carbons (Fsp3) is 0.333. The summed E-state index contributed by atoms with van der Waals surface area (Å²) in [6.07, 6.45) is 2.71. The van der Waals surface area contributed by atoms with Gasteiger partial charge in [-0.3, -0.25) is 14.7 Å². The Kier molecular flexibility index (Phi) is 8.28. The van der Waals surface area contributed by atoms with Crippen LogP contribution in [0, 0.1) is 12.8 Å². The van der Waals surface area contributed by atoms with Crippen LogP contribution in [0.25, 0.3) is 22.4 Å². The van der Waals surface area contributed by atoms with Gasteiger partial charge in [-0.15, -0.1) is 0 Å². The molecule has 0 amide bonds. The van der Waals surface area contributed by atoms with Gasteiger partial charge in [0.25, 0.3) is 0 Å². The Morgan fingerprint density at radius 1 is 1.07 bits per heavy atom. The SMILES string of the molecule is COc1nc(-c2cccc(-c3cccc(CC(=O)c4cc(C)c5c(n4)CCNC5)c3Cl)c2Cl)cnc1CN1CC(C)C1. The van der Waals surface area contributed by atoms with Crippen LogP contribution in [0.5, 0.6) is 5.88 Å². The van der Waals surface area contributed by atoms with Gasteiger partial charge in [0.15, 0.2) is 5.78 Å². The minimum atomic E-state index is -0.0616. The van der Waals surface area contributed by atoms with E-state index in [1.807, 2.05) is 49.4 Å². The van der Waals surface area contributed by atoms with Crippen molar-refractivity contribution in [3.8, 4) is 28.3 Å². The smallest absolute Gasteiger partial charge is 0.237 e. The van der Waals surface area contributed by atoms with Gasteiger partial charge in [-0.05, 0) is 35.6 Å². The van der Waals surface area contributed by atoms with E-state index in [1.54, 1.807) is 13.3 Å². The summed E-state index contributed by atoms with van der Waals surface area (Å²) in [7, 11) is 1.61. The van der Waals surface area contributed by atoms with Gasteiger partial charge in [-0.1, -0.05) is 66.5 Å². The number of carbonyl (C=O) groups is 1. The predicted molar refractivity (Wildman–Crippen MR) is 166 cm³/mol. The van der Waals surface area contributed by atoms with Crippen molar-refractivity contribution in [2.45, 2.75) is 39.8 Å². The van der Waals surface area contributed by atoms with Crippen LogP contribution in [0.4, 0.5) is 0 Å². The number of benzene rings is 2. The summed E-state index contributed by atoms with van der Waals surface area (Å²) in [5.74, 6) is 1.14. The summed E-state index contributed by atoms with van der Waals surface area (Å²) >= 11 is 13.9. The highest BCUT2D eigenvalue weighted by Crippen LogP contribution is 2.40. The fourth-order valence-corrected chi connectivity index (χ4v) is 6.49. The second-order valence-corrected chi connectivity index (χ2v) is 12.0. The van der Waals surface area contributed by atoms with Crippen LogP contribution in [-0.2, 0) is 25.9 Å². The number of fused-ring (bicyclic) bond motifs is 1. The molecule has 1 saturated heterocycles. The number of aromatic nitrogens is 3. The van der Waals surface area contributed by atoms with Crippen LogP contribution in [-0.4, -0.2) is 52.4 Å². The third-order valence-electron chi connectivity index (χ3n) is 8.07. The average Bonchev–Trinajstić information content (AvgIpc) is 2.98. The largest absolute Gasteiger partial charge is 0.480 e. The number of aryl methyl sites for hydroxylation is 1. The molecule has 216 valence electrons. The van der Waals surface area contributed by atoms with Crippen molar-refractivity contribution in [1.82, 2.24) is 25.2 Å². The van der Waals surface area contributed by atoms with E-state index in [9.17, 15) is 4.79 Å². The molecule has 4 heterocycles. The van der Waals surface area contributed by atoms with Crippen molar-refractivity contribution >= 4 is 29.0 Å². The molecule has 1 fully saturated rings. The lowest BCUT2D eigenvalue weighted by Gasteiger charge is -2.36. The van der Waals surface area contributed by atoms with Crippen molar-refractivity contribution in [2.24, 2.45) is 5.92 Å². The van der Waals surface area contributed by atoms with Gasteiger partial charge in [0, 0.05) is 67.9 Å². The van der Waals surface area contributed by atoms with E-state index < -0.39 is 0 Å². The summed E-state index contributed by atoms with van der Waals surface area (Å²) in [5, 5.41) is 4.37. The molecule has 6 rings (SSSR count). The first-order chi connectivity index (χ1) is 20.3. The molecule has 1 N–H and O–H groups in total. The maximum Gasteiger partial charge on any atom is 0.237 e. The van der Waals surface area contributed by atoms with Crippen LogP contribution in [0.3, 0.4) is 0 Å². The quantitative estimate of drug-likeness (QED) is 0.236. The number of hydrogen-bond donors (Lipinski definition) is 1. The lowest BCUT2D eigenvalue weighted by Crippen LogP contribution is -2.44. The zero-order valence-corrected chi connectivity index (χ0v) is 25.5. The fourth-order valence-electron chi connectivity index (χ4n) is 5.87. The summed E-state index contributed by atoms with van der Waals surface area (Å²) in [6.45, 7) is 8.73. The molecule has 0 atom stereocenters. The number of methoxy groups -OCH3 is 1. The number of ketones is 1. The monoisotopic (exact) mass is 601 g/mol. The first-order valence-electron chi connectivity index (χ1n) is 14.2. The van der Waals surface area contributed by atoms with E-state index in [2.05, 4.69) is 22.1 Å². The zero-order valence-electron chi connectivity index (χ0n) is 24.0. The lowest BCUT2D eigenvalue weighted by molar-refractivity contribution is 0.0987. The second kappa shape index (κ2) is 12.1. The molecule has 0 spiro atoms. The van der Waals surface area contributed by atoms with E-state index in [0.717, 1.165) is 71.8 Å². The number of nitrogens with one attached hydrogen (secondary N) is 1. The van der Waals surface area contributed by atoms with Gasteiger partial charge in [-0.2, -0.15) is 0 Å². The Balaban J connectivity index is 1.28. The molecule has 42 heavy (non-hydrogen) atoms. The topological polar surface area (TPSA) is 80.2 Å². The molecule has 0 bridgehead atoms. The van der Waals surface area contributed by atoms with E-state index in [4.69, 9.17) is 37.9 Å². The van der Waals surface area contributed by atoms with Crippen molar-refractivity contribution in [3.05, 3.63) is 92.5 Å². The second-order valence-electron chi connectivity index (χ2n) is 11.2. The molecule has 2 aliphatic rings. The van der Waals surface area contributed by atoms with Gasteiger partial charge in [0.05, 0.1) is 29.0 Å². The van der Waals surface area contributed by atoms with Crippen molar-refractivity contribution in [2.75, 3.05) is 26.7 Å². The molecule has 2 aromatic heterocycles. The van der Waals surface area contributed by atoms with Crippen molar-refractivity contribution in [1.29, 1.82) is 0 Å². The molecule has 0 saturated carbocycles. The number of halogens is 2. The maximum atomic E-state index is 13.4. The third-order valence-corrected chi connectivity index (χ3v) is 8.93. The highest BCUT2D eigenvalue weighted by atomic mass is 35.5. The molecule has 0 unspecified atom stereocenters. The zero-order chi connectivity index (χ0) is 29.4. The number of carbonyl (C=O) groups excluding carboxylic acids is 1. The Morgan fingerprint density at radius 2 is 1.81 bits per heavy atom. The molecule has 2 aliphatic heterocycles. The number of Topliss-reactive ketones (excluding diaryl/α,β-unsaturated/α-hetero) is 1. The standard InChI is InChI=1S/C33H33Cl2N5O2/c1-19-16-40(17-19)18-29-33(42-3)39-28(15-37-29)24-9-5-8-23(32(24)35)22-7-4-6-21(31(22)34)13-30(41)27-12-20(2)25-14-36-11-10-26(25)38-27/h4-9,12,15,19,36H,10-11,13-14,16-18H2,1-3H3. The minimum absolute atomic E-state index is 0.0616. The number of hydrogen-bond acceptors (Lipinski definition) is 7. The van der Waals surface area contributed by atoms with Gasteiger partial charge in [0.2, 0.25) is 5.88 Å². The van der Waals surface area contributed by atoms with Gasteiger partial charge < -0.3 is 10.1 Å². The highest BCUT2D eigenvalue weighted by Gasteiger charge is 2.25. The Bertz CT molecular complexity index is 1670. The van der Waals surface area contributed by atoms with Crippen LogP contribution in [0.15, 0.2) is 48.7 Å². The molecule has 7 nitrogen and oxygen atoms in total. The van der Waals surface area contributed by atoms with Gasteiger partial charge >= 0.3 is 0 Å². The molecule has 9 heteroatoms. The van der Waals surface area contributed by atoms with Crippen LogP contribution < -0.4 is 10.1 Å². The van der Waals surface area contributed by atoms with Gasteiger partial charge in [0.1, 0.15) is 11.4 Å². The normalized spacial score (nSPS) is 15.3. The van der Waals surface area contributed by atoms with E-state index in [1.165, 1.54) is 5.56 Å². The average molecular weight is 603 g/mol. The number of pyridine rings is 1. The predicted octanol–water partition coefficient (Wildman–Crippen LogP) is 6.35. The Morgan fingerprint density at radius 3 is 2.57 bits per heavy atom. The van der Waals surface area contributed by atoms with Gasteiger partial charge in [-0.25, -0.2) is 9.97 Å². The van der Waals surface area contributed by atoms with Crippen LogP contribution >= 0.6 is 23.2 Å². The van der Waals surface area contributed by atoms with E-state index in [-0.39, 0.29) is 12.2 Å². The molecule has 0 aliphatic carbocycles. The molecular weight excluding hydrogens is 569 g/mol. The van der Waals surface area contributed by atoms with E-state index in [0.29, 0.717) is 39.8 Å². The molecule has 2 aromatic carbocycles. The third kappa shape index (κ3) is 5.66. The molecular formula is C33H33Cl2N5O2. The highest BCUT2D eigenvalue weighted by molar-refractivity contribution is 6.38. The first kappa shape index (κ1) is 28.7. The number of ether oxygens (including phenoxy) is 1. The number of likely N-dealkylation sites (tertiary alicyclic amines) is 1. The molecule has 0 radical (unpaired) electrons.